The highest BCUT2D eigenvalue weighted by atomic mass is 32.2. The second kappa shape index (κ2) is 5.38. The molecule has 0 spiro atoms. The zero-order valence-electron chi connectivity index (χ0n) is 11.7. The van der Waals surface area contributed by atoms with Gasteiger partial charge >= 0.3 is 0 Å². The summed E-state index contributed by atoms with van der Waals surface area (Å²) in [6, 6.07) is 8.15. The number of anilines is 1. The SMILES string of the molecule is CCc1nnc2ccc(S(=O)(=O)Nc3ccc(F)cc3)cn12. The summed E-state index contributed by atoms with van der Waals surface area (Å²) in [7, 11) is -3.77. The lowest BCUT2D eigenvalue weighted by atomic mass is 10.3. The lowest BCUT2D eigenvalue weighted by Gasteiger charge is -2.08. The van der Waals surface area contributed by atoms with Gasteiger partial charge in [-0.15, -0.1) is 10.2 Å². The summed E-state index contributed by atoms with van der Waals surface area (Å²) < 4.78 is 41.7. The molecule has 0 radical (unpaired) electrons. The predicted octanol–water partition coefficient (Wildman–Crippen LogP) is 2.23. The number of hydrogen-bond donors (Lipinski definition) is 1. The number of halogens is 1. The van der Waals surface area contributed by atoms with Crippen LogP contribution in [0.2, 0.25) is 0 Å². The van der Waals surface area contributed by atoms with E-state index in [2.05, 4.69) is 14.9 Å². The number of rotatable bonds is 4. The minimum atomic E-state index is -3.77. The summed E-state index contributed by atoms with van der Waals surface area (Å²) in [5.41, 5.74) is 0.874. The van der Waals surface area contributed by atoms with E-state index in [1.54, 1.807) is 10.5 Å². The van der Waals surface area contributed by atoms with Gasteiger partial charge in [0.25, 0.3) is 10.0 Å². The fraction of sp³-hybridized carbons (Fsp3) is 0.143. The molecule has 3 aromatic rings. The Morgan fingerprint density at radius 3 is 2.55 bits per heavy atom. The summed E-state index contributed by atoms with van der Waals surface area (Å²) >= 11 is 0. The third-order valence-electron chi connectivity index (χ3n) is 3.17. The van der Waals surface area contributed by atoms with Crippen molar-refractivity contribution in [2.45, 2.75) is 18.2 Å². The molecule has 1 aromatic carbocycles. The molecule has 8 heteroatoms. The van der Waals surface area contributed by atoms with E-state index < -0.39 is 15.8 Å². The quantitative estimate of drug-likeness (QED) is 0.800. The normalized spacial score (nSPS) is 11.7. The van der Waals surface area contributed by atoms with Crippen molar-refractivity contribution < 1.29 is 12.8 Å². The first kappa shape index (κ1) is 14.5. The third-order valence-corrected chi connectivity index (χ3v) is 4.54. The van der Waals surface area contributed by atoms with Crippen molar-refractivity contribution in [3.8, 4) is 0 Å². The van der Waals surface area contributed by atoms with E-state index in [1.165, 1.54) is 36.5 Å². The van der Waals surface area contributed by atoms with Crippen LogP contribution in [0.5, 0.6) is 0 Å². The molecule has 0 aliphatic carbocycles. The molecule has 0 amide bonds. The van der Waals surface area contributed by atoms with E-state index in [0.29, 0.717) is 23.6 Å². The second-order valence-electron chi connectivity index (χ2n) is 4.68. The maximum atomic E-state index is 12.9. The fourth-order valence-corrected chi connectivity index (χ4v) is 3.11. The van der Waals surface area contributed by atoms with E-state index in [0.717, 1.165) is 0 Å². The molecule has 6 nitrogen and oxygen atoms in total. The van der Waals surface area contributed by atoms with E-state index >= 15 is 0 Å². The second-order valence-corrected chi connectivity index (χ2v) is 6.36. The number of sulfonamides is 1. The van der Waals surface area contributed by atoms with Crippen LogP contribution in [0.1, 0.15) is 12.7 Å². The molecular formula is C14H13FN4O2S. The smallest absolute Gasteiger partial charge is 0.263 e. The Kier molecular flexibility index (Phi) is 3.53. The molecule has 2 heterocycles. The van der Waals surface area contributed by atoms with Gasteiger partial charge in [0.1, 0.15) is 16.5 Å². The summed E-state index contributed by atoms with van der Waals surface area (Å²) in [6.07, 6.45) is 2.11. The van der Waals surface area contributed by atoms with Crippen molar-refractivity contribution >= 4 is 21.4 Å². The first-order valence-electron chi connectivity index (χ1n) is 6.61. The number of pyridine rings is 1. The number of nitrogens with zero attached hydrogens (tertiary/aromatic N) is 3. The fourth-order valence-electron chi connectivity index (χ4n) is 2.05. The van der Waals surface area contributed by atoms with Crippen LogP contribution in [0.15, 0.2) is 47.5 Å². The van der Waals surface area contributed by atoms with Gasteiger partial charge in [0, 0.05) is 18.3 Å². The van der Waals surface area contributed by atoms with Crippen molar-refractivity contribution in [3.63, 3.8) is 0 Å². The zero-order chi connectivity index (χ0) is 15.7. The standard InChI is InChI=1S/C14H13FN4O2S/c1-2-13-16-17-14-8-7-12(9-19(13)14)22(20,21)18-11-5-3-10(15)4-6-11/h3-9,18H,2H2,1H3. The molecule has 0 saturated heterocycles. The maximum absolute atomic E-state index is 12.9. The molecule has 3 rings (SSSR count). The molecule has 0 atom stereocenters. The van der Waals surface area contributed by atoms with Crippen LogP contribution >= 0.6 is 0 Å². The van der Waals surface area contributed by atoms with Gasteiger partial charge in [-0.05, 0) is 36.4 Å². The van der Waals surface area contributed by atoms with Crippen LogP contribution < -0.4 is 4.72 Å². The highest BCUT2D eigenvalue weighted by Gasteiger charge is 2.16. The number of benzene rings is 1. The van der Waals surface area contributed by atoms with Crippen LogP contribution in [0.3, 0.4) is 0 Å². The molecule has 22 heavy (non-hydrogen) atoms. The van der Waals surface area contributed by atoms with Gasteiger partial charge in [-0.25, -0.2) is 12.8 Å². The van der Waals surface area contributed by atoms with Gasteiger partial charge in [0.05, 0.1) is 0 Å². The first-order chi connectivity index (χ1) is 10.5. The molecule has 1 N–H and O–H groups in total. The van der Waals surface area contributed by atoms with Gasteiger partial charge in [0.15, 0.2) is 5.65 Å². The van der Waals surface area contributed by atoms with Crippen LogP contribution in [0, 0.1) is 5.82 Å². The van der Waals surface area contributed by atoms with Crippen molar-refractivity contribution in [3.05, 3.63) is 54.2 Å². The summed E-state index contributed by atoms with van der Waals surface area (Å²) in [5.74, 6) is 0.246. The molecule has 0 fully saturated rings. The van der Waals surface area contributed by atoms with Crippen molar-refractivity contribution in [1.82, 2.24) is 14.6 Å². The van der Waals surface area contributed by atoms with Gasteiger partial charge in [0.2, 0.25) is 0 Å². The minimum absolute atomic E-state index is 0.0822. The topological polar surface area (TPSA) is 76.4 Å². The molecule has 0 aliphatic rings. The lowest BCUT2D eigenvalue weighted by Crippen LogP contribution is -2.13. The average Bonchev–Trinajstić information content (AvgIpc) is 2.91. The number of nitrogens with one attached hydrogen (secondary N) is 1. The van der Waals surface area contributed by atoms with Gasteiger partial charge in [-0.2, -0.15) is 0 Å². The number of aromatic nitrogens is 3. The van der Waals surface area contributed by atoms with Crippen LogP contribution in [0.4, 0.5) is 10.1 Å². The highest BCUT2D eigenvalue weighted by molar-refractivity contribution is 7.92. The molecule has 0 bridgehead atoms. The molecule has 114 valence electrons. The maximum Gasteiger partial charge on any atom is 0.263 e. The monoisotopic (exact) mass is 320 g/mol. The average molecular weight is 320 g/mol. The highest BCUT2D eigenvalue weighted by Crippen LogP contribution is 2.17. The molecule has 0 saturated carbocycles. The Bertz CT molecular complexity index is 920. The largest absolute Gasteiger partial charge is 0.285 e. The molecule has 0 unspecified atom stereocenters. The van der Waals surface area contributed by atoms with Crippen LogP contribution in [0.25, 0.3) is 5.65 Å². The van der Waals surface area contributed by atoms with Crippen LogP contribution in [-0.4, -0.2) is 23.0 Å². The zero-order valence-corrected chi connectivity index (χ0v) is 12.5. The van der Waals surface area contributed by atoms with Crippen molar-refractivity contribution in [2.24, 2.45) is 0 Å². The Morgan fingerprint density at radius 2 is 1.86 bits per heavy atom. The van der Waals surface area contributed by atoms with E-state index in [1.807, 2.05) is 6.92 Å². The predicted molar refractivity (Wildman–Crippen MR) is 79.6 cm³/mol. The van der Waals surface area contributed by atoms with Gasteiger partial charge < -0.3 is 0 Å². The third kappa shape index (κ3) is 2.64. The van der Waals surface area contributed by atoms with E-state index in [-0.39, 0.29) is 4.90 Å². The number of fused-ring (bicyclic) bond motifs is 1. The summed E-state index contributed by atoms with van der Waals surface area (Å²) in [4.78, 5) is 0.0822. The van der Waals surface area contributed by atoms with Gasteiger partial charge in [-0.3, -0.25) is 9.12 Å². The van der Waals surface area contributed by atoms with Crippen molar-refractivity contribution in [2.75, 3.05) is 4.72 Å². The Hall–Kier alpha value is -2.48. The van der Waals surface area contributed by atoms with Crippen molar-refractivity contribution in [1.29, 1.82) is 0 Å². The molecule has 2 aromatic heterocycles. The van der Waals surface area contributed by atoms with E-state index in [9.17, 15) is 12.8 Å². The Morgan fingerprint density at radius 1 is 1.14 bits per heavy atom. The molecular weight excluding hydrogens is 307 g/mol. The van der Waals surface area contributed by atoms with E-state index in [4.69, 9.17) is 0 Å². The van der Waals surface area contributed by atoms with Gasteiger partial charge in [-0.1, -0.05) is 6.92 Å². The lowest BCUT2D eigenvalue weighted by molar-refractivity contribution is 0.600. The Balaban J connectivity index is 1.99. The minimum Gasteiger partial charge on any atom is -0.285 e. The summed E-state index contributed by atoms with van der Waals surface area (Å²) in [5, 5.41) is 7.95. The van der Waals surface area contributed by atoms with Crippen LogP contribution in [-0.2, 0) is 16.4 Å². The molecule has 0 aliphatic heterocycles. The number of hydrogen-bond acceptors (Lipinski definition) is 4. The Labute approximate surface area is 126 Å². The number of aryl methyl sites for hydroxylation is 1. The summed E-state index contributed by atoms with van der Waals surface area (Å²) in [6.45, 7) is 1.91. The first-order valence-corrected chi connectivity index (χ1v) is 8.10.